The summed E-state index contributed by atoms with van der Waals surface area (Å²) in [5.41, 5.74) is 8.08. The molecule has 0 fully saturated rings. The number of hydrogen-bond acceptors (Lipinski definition) is 2. The molecule has 0 saturated carbocycles. The highest BCUT2D eigenvalue weighted by molar-refractivity contribution is 5.73. The molecule has 0 aromatic heterocycles. The highest BCUT2D eigenvalue weighted by Gasteiger charge is 2.28. The van der Waals surface area contributed by atoms with E-state index in [9.17, 15) is 4.79 Å². The molecule has 1 unspecified atom stereocenters. The number of carbonyl (C=O) groups is 1. The Morgan fingerprint density at radius 1 is 1.57 bits per heavy atom. The van der Waals surface area contributed by atoms with Gasteiger partial charge in [-0.05, 0) is 29.9 Å². The fourth-order valence-electron chi connectivity index (χ4n) is 1.98. The van der Waals surface area contributed by atoms with Gasteiger partial charge < -0.3 is 10.8 Å². The first-order valence-electron chi connectivity index (χ1n) is 4.74. The van der Waals surface area contributed by atoms with Crippen molar-refractivity contribution in [3.63, 3.8) is 0 Å². The summed E-state index contributed by atoms with van der Waals surface area (Å²) in [5.74, 6) is -0.563. The smallest absolute Gasteiger partial charge is 0.320 e. The summed E-state index contributed by atoms with van der Waals surface area (Å²) in [6, 6.07) is 7.40. The fraction of sp³-hybridized carbons (Fsp3) is 0.364. The van der Waals surface area contributed by atoms with Crippen molar-refractivity contribution in [1.29, 1.82) is 0 Å². The molecule has 3 N–H and O–H groups in total. The van der Waals surface area contributed by atoms with Crippen LogP contribution in [-0.4, -0.2) is 17.1 Å². The van der Waals surface area contributed by atoms with E-state index in [1.54, 1.807) is 0 Å². The van der Waals surface area contributed by atoms with E-state index in [4.69, 9.17) is 10.8 Å². The van der Waals surface area contributed by atoms with Gasteiger partial charge in [0.05, 0.1) is 0 Å². The van der Waals surface area contributed by atoms with Crippen molar-refractivity contribution >= 4 is 5.97 Å². The van der Waals surface area contributed by atoms with Crippen LogP contribution in [0.25, 0.3) is 0 Å². The Morgan fingerprint density at radius 2 is 2.29 bits per heavy atom. The van der Waals surface area contributed by atoms with Gasteiger partial charge in [0.25, 0.3) is 0 Å². The second kappa shape index (κ2) is 3.42. The zero-order valence-corrected chi connectivity index (χ0v) is 7.81. The number of benzene rings is 1. The molecule has 0 radical (unpaired) electrons. The average Bonchev–Trinajstić information content (AvgIpc) is 2.13. The van der Waals surface area contributed by atoms with Gasteiger partial charge in [-0.2, -0.15) is 0 Å². The summed E-state index contributed by atoms with van der Waals surface area (Å²) in [5, 5.41) is 8.67. The monoisotopic (exact) mass is 191 g/mol. The van der Waals surface area contributed by atoms with Crippen LogP contribution in [0.15, 0.2) is 24.3 Å². The average molecular weight is 191 g/mol. The summed E-state index contributed by atoms with van der Waals surface area (Å²) in [6.45, 7) is 0. The summed E-state index contributed by atoms with van der Waals surface area (Å²) in [7, 11) is 0. The molecule has 74 valence electrons. The lowest BCUT2D eigenvalue weighted by molar-refractivity contribution is -0.138. The van der Waals surface area contributed by atoms with Crippen molar-refractivity contribution in [2.75, 3.05) is 0 Å². The van der Waals surface area contributed by atoms with Crippen LogP contribution >= 0.6 is 0 Å². The minimum Gasteiger partial charge on any atom is -0.480 e. The van der Waals surface area contributed by atoms with Crippen molar-refractivity contribution in [1.82, 2.24) is 0 Å². The molecule has 2 atom stereocenters. The SMILES string of the molecule is N[C@@H](CC1Cc2ccccc21)C(=O)O. The van der Waals surface area contributed by atoms with Crippen LogP contribution in [0, 0.1) is 0 Å². The van der Waals surface area contributed by atoms with E-state index in [1.165, 1.54) is 11.1 Å². The van der Waals surface area contributed by atoms with Crippen LogP contribution < -0.4 is 5.73 Å². The number of carboxylic acid groups (broad SMARTS) is 1. The second-order valence-corrected chi connectivity index (χ2v) is 3.78. The third-order valence-corrected chi connectivity index (χ3v) is 2.82. The normalized spacial score (nSPS) is 20.8. The first-order valence-corrected chi connectivity index (χ1v) is 4.74. The van der Waals surface area contributed by atoms with E-state index in [-0.39, 0.29) is 0 Å². The second-order valence-electron chi connectivity index (χ2n) is 3.78. The summed E-state index contributed by atoms with van der Waals surface area (Å²) < 4.78 is 0. The van der Waals surface area contributed by atoms with Gasteiger partial charge in [0.2, 0.25) is 0 Å². The summed E-state index contributed by atoms with van der Waals surface area (Å²) in [6.07, 6.45) is 1.52. The minimum atomic E-state index is -0.908. The maximum Gasteiger partial charge on any atom is 0.320 e. The maximum absolute atomic E-state index is 10.6. The number of aliphatic carboxylic acids is 1. The van der Waals surface area contributed by atoms with Crippen LogP contribution in [0.5, 0.6) is 0 Å². The molecule has 1 aliphatic rings. The van der Waals surface area contributed by atoms with Gasteiger partial charge in [0.15, 0.2) is 0 Å². The minimum absolute atomic E-state index is 0.345. The molecule has 0 bridgehead atoms. The molecule has 1 aromatic rings. The van der Waals surface area contributed by atoms with Crippen molar-refractivity contribution in [3.8, 4) is 0 Å². The molecule has 1 aromatic carbocycles. The highest BCUT2D eigenvalue weighted by atomic mass is 16.4. The molecular weight excluding hydrogens is 178 g/mol. The van der Waals surface area contributed by atoms with Gasteiger partial charge in [-0.25, -0.2) is 0 Å². The first kappa shape index (κ1) is 9.21. The van der Waals surface area contributed by atoms with Crippen LogP contribution in [0.1, 0.15) is 23.5 Å². The third kappa shape index (κ3) is 1.51. The molecule has 0 aliphatic heterocycles. The third-order valence-electron chi connectivity index (χ3n) is 2.82. The van der Waals surface area contributed by atoms with E-state index in [2.05, 4.69) is 12.1 Å². The molecule has 0 spiro atoms. The zero-order valence-electron chi connectivity index (χ0n) is 7.81. The van der Waals surface area contributed by atoms with E-state index in [0.717, 1.165) is 6.42 Å². The van der Waals surface area contributed by atoms with Crippen molar-refractivity contribution in [2.24, 2.45) is 5.73 Å². The van der Waals surface area contributed by atoms with Gasteiger partial charge in [0, 0.05) is 0 Å². The number of fused-ring (bicyclic) bond motifs is 1. The van der Waals surface area contributed by atoms with Crippen molar-refractivity contribution < 1.29 is 9.90 Å². The topological polar surface area (TPSA) is 63.3 Å². The lowest BCUT2D eigenvalue weighted by Gasteiger charge is -2.31. The molecule has 3 nitrogen and oxygen atoms in total. The predicted octanol–water partition coefficient (Wildman–Crippen LogP) is 1.13. The van der Waals surface area contributed by atoms with E-state index < -0.39 is 12.0 Å². The van der Waals surface area contributed by atoms with Crippen molar-refractivity contribution in [3.05, 3.63) is 35.4 Å². The van der Waals surface area contributed by atoms with Gasteiger partial charge in [-0.15, -0.1) is 0 Å². The zero-order chi connectivity index (χ0) is 10.1. The predicted molar refractivity (Wildman–Crippen MR) is 53.1 cm³/mol. The van der Waals surface area contributed by atoms with Crippen LogP contribution in [0.2, 0.25) is 0 Å². The van der Waals surface area contributed by atoms with Gasteiger partial charge in [-0.1, -0.05) is 24.3 Å². The summed E-state index contributed by atoms with van der Waals surface area (Å²) in [4.78, 5) is 10.6. The molecule has 0 saturated heterocycles. The van der Waals surface area contributed by atoms with E-state index >= 15 is 0 Å². The maximum atomic E-state index is 10.6. The largest absolute Gasteiger partial charge is 0.480 e. The Kier molecular flexibility index (Phi) is 2.25. The molecule has 0 heterocycles. The Labute approximate surface area is 82.5 Å². The Bertz CT molecular complexity index is 362. The lowest BCUT2D eigenvalue weighted by Crippen LogP contribution is -2.34. The molecule has 1 aliphatic carbocycles. The van der Waals surface area contributed by atoms with E-state index in [0.29, 0.717) is 12.3 Å². The van der Waals surface area contributed by atoms with E-state index in [1.807, 2.05) is 12.1 Å². The van der Waals surface area contributed by atoms with Crippen LogP contribution in [0.4, 0.5) is 0 Å². The fourth-order valence-corrected chi connectivity index (χ4v) is 1.98. The Hall–Kier alpha value is -1.35. The standard InChI is InChI=1S/C11H13NO2/c12-10(11(13)14)6-8-5-7-3-1-2-4-9(7)8/h1-4,8,10H,5-6,12H2,(H,13,14)/t8?,10-/m0/s1. The lowest BCUT2D eigenvalue weighted by atomic mass is 9.74. The van der Waals surface area contributed by atoms with Gasteiger partial charge in [-0.3, -0.25) is 4.79 Å². The molecule has 2 rings (SSSR count). The van der Waals surface area contributed by atoms with Crippen LogP contribution in [0.3, 0.4) is 0 Å². The van der Waals surface area contributed by atoms with Gasteiger partial charge in [0.1, 0.15) is 6.04 Å². The Balaban J connectivity index is 2.02. The van der Waals surface area contributed by atoms with Crippen LogP contribution in [-0.2, 0) is 11.2 Å². The Morgan fingerprint density at radius 3 is 2.93 bits per heavy atom. The highest BCUT2D eigenvalue weighted by Crippen LogP contribution is 2.37. The number of nitrogens with two attached hydrogens (primary N) is 1. The quantitative estimate of drug-likeness (QED) is 0.752. The molecule has 3 heteroatoms. The molecule has 14 heavy (non-hydrogen) atoms. The molecule has 0 amide bonds. The molecular formula is C11H13NO2. The number of carboxylic acids is 1. The van der Waals surface area contributed by atoms with Crippen molar-refractivity contribution in [2.45, 2.75) is 24.8 Å². The number of rotatable bonds is 3. The number of hydrogen-bond donors (Lipinski definition) is 2. The first-order chi connectivity index (χ1) is 6.68. The summed E-state index contributed by atoms with van der Waals surface area (Å²) >= 11 is 0. The van der Waals surface area contributed by atoms with Gasteiger partial charge >= 0.3 is 5.97 Å².